The Labute approximate surface area is 115 Å². The second-order valence-corrected chi connectivity index (χ2v) is 5.28. The number of hydrogen-bond donors (Lipinski definition) is 0. The Balaban J connectivity index is 2.04. The van der Waals surface area contributed by atoms with Crippen LogP contribution in [0.25, 0.3) is 4.91 Å². The molecule has 19 heavy (non-hydrogen) atoms. The Hall–Kier alpha value is -2.13. The predicted molar refractivity (Wildman–Crippen MR) is 76.1 cm³/mol. The molecule has 0 aromatic heterocycles. The highest BCUT2D eigenvalue weighted by Gasteiger charge is 2.25. The van der Waals surface area contributed by atoms with Crippen LogP contribution >= 0.6 is 11.8 Å². The third kappa shape index (κ3) is 2.25. The smallest absolute Gasteiger partial charge is 0.233 e. The maximum absolute atomic E-state index is 11.8. The van der Waals surface area contributed by atoms with Gasteiger partial charge in [0, 0.05) is 21.4 Å². The van der Waals surface area contributed by atoms with E-state index in [1.807, 2.05) is 42.5 Å². The lowest BCUT2D eigenvalue weighted by Crippen LogP contribution is -2.17. The molecule has 1 aliphatic rings. The number of hydrogen-bond acceptors (Lipinski definition) is 3. The van der Waals surface area contributed by atoms with E-state index in [1.54, 1.807) is 12.1 Å². The maximum atomic E-state index is 11.8. The van der Waals surface area contributed by atoms with Crippen molar-refractivity contribution in [2.24, 2.45) is 0 Å². The van der Waals surface area contributed by atoms with Crippen LogP contribution in [0.3, 0.4) is 0 Å². The van der Waals surface area contributed by atoms with E-state index in [0.29, 0.717) is 5.56 Å². The highest BCUT2D eigenvalue weighted by molar-refractivity contribution is 8.08. The molecule has 0 bridgehead atoms. The summed E-state index contributed by atoms with van der Waals surface area (Å²) in [5.41, 5.74) is 1.33. The number of benzene rings is 2. The van der Waals surface area contributed by atoms with Crippen LogP contribution in [0.5, 0.6) is 0 Å². The number of carbonyl (C=O) groups excluding carboxylic acids is 2. The average molecular weight is 266 g/mol. The molecule has 2 aromatic rings. The molecule has 0 spiro atoms. The van der Waals surface area contributed by atoms with Crippen LogP contribution in [0.4, 0.5) is 0 Å². The minimum absolute atomic E-state index is 0.423. The van der Waals surface area contributed by atoms with Gasteiger partial charge in [-0.05, 0) is 17.7 Å². The van der Waals surface area contributed by atoms with Crippen LogP contribution in [-0.4, -0.2) is 11.6 Å². The molecule has 1 aliphatic carbocycles. The molecule has 0 saturated heterocycles. The zero-order chi connectivity index (χ0) is 13.2. The van der Waals surface area contributed by atoms with Crippen molar-refractivity contribution in [2.45, 2.75) is 4.90 Å². The van der Waals surface area contributed by atoms with Crippen molar-refractivity contribution in [3.8, 4) is 0 Å². The van der Waals surface area contributed by atoms with Gasteiger partial charge in [0.05, 0.1) is 0 Å². The van der Waals surface area contributed by atoms with Crippen LogP contribution in [0.2, 0.25) is 0 Å². The molecular formula is C16H10O2S. The summed E-state index contributed by atoms with van der Waals surface area (Å²) in [7, 11) is 0. The summed E-state index contributed by atoms with van der Waals surface area (Å²) >= 11 is 1.50. The SMILES string of the molecule is O=C1C=C(Sc2ccccc2)c2ccccc2C1=O. The Morgan fingerprint density at radius 2 is 1.37 bits per heavy atom. The first-order valence-corrected chi connectivity index (χ1v) is 6.70. The molecule has 0 unspecified atom stereocenters. The van der Waals surface area contributed by atoms with Gasteiger partial charge in [0.25, 0.3) is 0 Å². The number of ketones is 2. The monoisotopic (exact) mass is 266 g/mol. The first-order chi connectivity index (χ1) is 9.25. The molecule has 92 valence electrons. The van der Waals surface area contributed by atoms with Gasteiger partial charge in [-0.1, -0.05) is 54.2 Å². The van der Waals surface area contributed by atoms with Crippen molar-refractivity contribution in [1.82, 2.24) is 0 Å². The Morgan fingerprint density at radius 3 is 2.11 bits per heavy atom. The summed E-state index contributed by atoms with van der Waals surface area (Å²) in [6.45, 7) is 0. The lowest BCUT2D eigenvalue weighted by atomic mass is 9.95. The molecule has 0 heterocycles. The summed E-state index contributed by atoms with van der Waals surface area (Å²) in [5.74, 6) is -0.870. The van der Waals surface area contributed by atoms with Gasteiger partial charge in [0.2, 0.25) is 11.6 Å². The molecule has 0 saturated carbocycles. The van der Waals surface area contributed by atoms with Crippen LogP contribution in [0.15, 0.2) is 65.6 Å². The Kier molecular flexibility index (Phi) is 3.05. The highest BCUT2D eigenvalue weighted by atomic mass is 32.2. The van der Waals surface area contributed by atoms with Crippen molar-refractivity contribution in [3.63, 3.8) is 0 Å². The topological polar surface area (TPSA) is 34.1 Å². The summed E-state index contributed by atoms with van der Waals surface area (Å²) in [5, 5.41) is 0. The van der Waals surface area contributed by atoms with Crippen LogP contribution < -0.4 is 0 Å². The van der Waals surface area contributed by atoms with Gasteiger partial charge in [-0.15, -0.1) is 0 Å². The summed E-state index contributed by atoms with van der Waals surface area (Å²) < 4.78 is 0. The quantitative estimate of drug-likeness (QED) is 0.779. The van der Waals surface area contributed by atoms with E-state index in [-0.39, 0.29) is 0 Å². The second-order valence-electron chi connectivity index (χ2n) is 4.16. The summed E-state index contributed by atoms with van der Waals surface area (Å²) in [6, 6.07) is 17.0. The van der Waals surface area contributed by atoms with Crippen LogP contribution in [-0.2, 0) is 4.79 Å². The number of rotatable bonds is 2. The standard InChI is InChI=1S/C16H10O2S/c17-14-10-15(19-11-6-2-1-3-7-11)12-8-4-5-9-13(12)16(14)18/h1-10H. The third-order valence-corrected chi connectivity index (χ3v) is 3.96. The van der Waals surface area contributed by atoms with Crippen molar-refractivity contribution >= 4 is 28.2 Å². The fourth-order valence-corrected chi connectivity index (χ4v) is 2.99. The van der Waals surface area contributed by atoms with Gasteiger partial charge in [-0.25, -0.2) is 0 Å². The Morgan fingerprint density at radius 1 is 0.737 bits per heavy atom. The molecule has 0 amide bonds. The van der Waals surface area contributed by atoms with E-state index in [4.69, 9.17) is 0 Å². The first kappa shape index (κ1) is 11.9. The van der Waals surface area contributed by atoms with E-state index < -0.39 is 11.6 Å². The van der Waals surface area contributed by atoms with Crippen LogP contribution in [0.1, 0.15) is 15.9 Å². The van der Waals surface area contributed by atoms with E-state index >= 15 is 0 Å². The van der Waals surface area contributed by atoms with Crippen molar-refractivity contribution < 1.29 is 9.59 Å². The molecule has 2 nitrogen and oxygen atoms in total. The molecule has 3 rings (SSSR count). The van der Waals surface area contributed by atoms with Gasteiger partial charge in [0.15, 0.2) is 0 Å². The number of Topliss-reactive ketones (excluding diaryl/α,β-unsaturated/α-hetero) is 1. The van der Waals surface area contributed by atoms with Crippen molar-refractivity contribution in [2.75, 3.05) is 0 Å². The highest BCUT2D eigenvalue weighted by Crippen LogP contribution is 2.38. The minimum Gasteiger partial charge on any atom is -0.286 e. The van der Waals surface area contributed by atoms with Crippen molar-refractivity contribution in [3.05, 3.63) is 71.8 Å². The van der Waals surface area contributed by atoms with Gasteiger partial charge in [0.1, 0.15) is 0 Å². The van der Waals surface area contributed by atoms with E-state index in [9.17, 15) is 9.59 Å². The fourth-order valence-electron chi connectivity index (χ4n) is 1.99. The summed E-state index contributed by atoms with van der Waals surface area (Å²) in [6.07, 6.45) is 1.43. The molecule has 0 N–H and O–H groups in total. The molecule has 3 heteroatoms. The lowest BCUT2D eigenvalue weighted by Gasteiger charge is -2.15. The Bertz CT molecular complexity index is 687. The number of carbonyl (C=O) groups is 2. The average Bonchev–Trinajstić information content (AvgIpc) is 2.46. The predicted octanol–water partition coefficient (Wildman–Crippen LogP) is 3.59. The van der Waals surface area contributed by atoms with E-state index in [0.717, 1.165) is 15.4 Å². The van der Waals surface area contributed by atoms with Gasteiger partial charge in [-0.2, -0.15) is 0 Å². The fraction of sp³-hybridized carbons (Fsp3) is 0. The largest absolute Gasteiger partial charge is 0.286 e. The zero-order valence-electron chi connectivity index (χ0n) is 10.00. The molecule has 0 radical (unpaired) electrons. The van der Waals surface area contributed by atoms with Crippen molar-refractivity contribution in [1.29, 1.82) is 0 Å². The summed E-state index contributed by atoms with van der Waals surface area (Å²) in [4.78, 5) is 25.4. The van der Waals surface area contributed by atoms with E-state index in [2.05, 4.69) is 0 Å². The normalized spacial score (nSPS) is 14.0. The number of thioether (sulfide) groups is 1. The van der Waals surface area contributed by atoms with E-state index in [1.165, 1.54) is 17.8 Å². The van der Waals surface area contributed by atoms with Gasteiger partial charge in [-0.3, -0.25) is 9.59 Å². The molecule has 0 atom stereocenters. The third-order valence-electron chi connectivity index (χ3n) is 2.89. The maximum Gasteiger partial charge on any atom is 0.233 e. The van der Waals surface area contributed by atoms with Crippen LogP contribution in [0, 0.1) is 0 Å². The number of fused-ring (bicyclic) bond motifs is 1. The minimum atomic E-state index is -0.447. The number of allylic oxidation sites excluding steroid dienone is 1. The van der Waals surface area contributed by atoms with Gasteiger partial charge < -0.3 is 0 Å². The molecule has 0 aliphatic heterocycles. The molecular weight excluding hydrogens is 256 g/mol. The second kappa shape index (κ2) is 4.86. The molecule has 2 aromatic carbocycles. The lowest BCUT2D eigenvalue weighted by molar-refractivity contribution is -0.110. The zero-order valence-corrected chi connectivity index (χ0v) is 10.8. The first-order valence-electron chi connectivity index (χ1n) is 5.88. The molecule has 0 fully saturated rings. The van der Waals surface area contributed by atoms with Gasteiger partial charge >= 0.3 is 0 Å².